The topological polar surface area (TPSA) is 52.8 Å². The van der Waals surface area contributed by atoms with Crippen LogP contribution in [-0.4, -0.2) is 27.1 Å². The quantitative estimate of drug-likeness (QED) is 0.709. The Morgan fingerprint density at radius 1 is 1.36 bits per heavy atom. The number of methoxy groups -OCH3 is 1. The molecule has 0 amide bonds. The number of hydrogen-bond acceptors (Lipinski definition) is 4. The molecule has 2 aromatic rings. The third kappa shape index (κ3) is 1.41. The summed E-state index contributed by atoms with van der Waals surface area (Å²) in [6.07, 6.45) is 4.30. The smallest absolute Gasteiger partial charge is 0.210 e. The molecule has 0 saturated heterocycles. The van der Waals surface area contributed by atoms with Crippen molar-refractivity contribution < 1.29 is 9.13 Å². The molecule has 72 valence electrons. The van der Waals surface area contributed by atoms with Crippen molar-refractivity contribution in [3.05, 3.63) is 30.5 Å². The fraction of sp³-hybridized carbons (Fsp3) is 0.125. The van der Waals surface area contributed by atoms with Gasteiger partial charge in [-0.2, -0.15) is 10.2 Å². The number of rotatable bonds is 2. The van der Waals surface area contributed by atoms with Crippen molar-refractivity contribution in [2.45, 2.75) is 0 Å². The van der Waals surface area contributed by atoms with Gasteiger partial charge in [0.05, 0.1) is 25.7 Å². The average Bonchev–Trinajstić information content (AvgIpc) is 2.70. The van der Waals surface area contributed by atoms with Crippen LogP contribution < -0.4 is 4.74 Å². The fourth-order valence-corrected chi connectivity index (χ4v) is 0.997. The van der Waals surface area contributed by atoms with Gasteiger partial charge in [0.15, 0.2) is 5.82 Å². The van der Waals surface area contributed by atoms with Crippen LogP contribution in [0.4, 0.5) is 4.39 Å². The molecule has 6 heteroatoms. The van der Waals surface area contributed by atoms with Gasteiger partial charge in [-0.05, 0) is 0 Å². The van der Waals surface area contributed by atoms with Crippen molar-refractivity contribution in [1.29, 1.82) is 0 Å². The highest BCUT2D eigenvalue weighted by Gasteiger charge is 2.08. The molecule has 2 rings (SSSR count). The van der Waals surface area contributed by atoms with Gasteiger partial charge in [-0.15, -0.1) is 4.80 Å². The third-order valence-corrected chi connectivity index (χ3v) is 1.64. The normalized spacial score (nSPS) is 10.1. The third-order valence-electron chi connectivity index (χ3n) is 1.64. The number of hydrogen-bond donors (Lipinski definition) is 0. The standard InChI is InChI=1S/C8H7FN4O/c1-14-6-4-7(9)8(10-5-6)13-11-2-3-12-13/h2-5H,1H3. The molecule has 0 unspecified atom stereocenters. The number of aromatic nitrogens is 4. The van der Waals surface area contributed by atoms with E-state index in [1.54, 1.807) is 0 Å². The monoisotopic (exact) mass is 194 g/mol. The number of ether oxygens (including phenoxy) is 1. The van der Waals surface area contributed by atoms with Crippen LogP contribution in [-0.2, 0) is 0 Å². The highest BCUT2D eigenvalue weighted by Crippen LogP contribution is 2.14. The Labute approximate surface area is 79.1 Å². The zero-order chi connectivity index (χ0) is 9.97. The highest BCUT2D eigenvalue weighted by molar-refractivity contribution is 5.28. The lowest BCUT2D eigenvalue weighted by Gasteiger charge is -2.02. The van der Waals surface area contributed by atoms with Crippen molar-refractivity contribution in [2.75, 3.05) is 7.11 Å². The SMILES string of the molecule is COc1cnc(-n2nccn2)c(F)c1. The van der Waals surface area contributed by atoms with Gasteiger partial charge < -0.3 is 4.74 Å². The molecule has 0 saturated carbocycles. The van der Waals surface area contributed by atoms with E-state index in [2.05, 4.69) is 15.2 Å². The van der Waals surface area contributed by atoms with Gasteiger partial charge in [-0.3, -0.25) is 0 Å². The molecular formula is C8H7FN4O. The van der Waals surface area contributed by atoms with Gasteiger partial charge >= 0.3 is 0 Å². The zero-order valence-electron chi connectivity index (χ0n) is 7.38. The van der Waals surface area contributed by atoms with Crippen LogP contribution in [0.25, 0.3) is 5.82 Å². The summed E-state index contributed by atoms with van der Waals surface area (Å²) in [5, 5.41) is 7.53. The van der Waals surface area contributed by atoms with Crippen LogP contribution in [0, 0.1) is 5.82 Å². The molecule has 0 fully saturated rings. The molecule has 2 heterocycles. The Kier molecular flexibility index (Phi) is 2.10. The minimum atomic E-state index is -0.527. The van der Waals surface area contributed by atoms with E-state index in [0.717, 1.165) is 4.80 Å². The van der Waals surface area contributed by atoms with Crippen LogP contribution >= 0.6 is 0 Å². The van der Waals surface area contributed by atoms with E-state index in [9.17, 15) is 4.39 Å². The van der Waals surface area contributed by atoms with Gasteiger partial charge in [-0.1, -0.05) is 0 Å². The van der Waals surface area contributed by atoms with Crippen LogP contribution in [0.1, 0.15) is 0 Å². The molecule has 0 spiro atoms. The average molecular weight is 194 g/mol. The second-order valence-corrected chi connectivity index (χ2v) is 2.50. The summed E-state index contributed by atoms with van der Waals surface area (Å²) in [4.78, 5) is 4.94. The predicted octanol–water partition coefficient (Wildman–Crippen LogP) is 0.810. The van der Waals surface area contributed by atoms with Gasteiger partial charge in [-0.25, -0.2) is 9.37 Å². The molecular weight excluding hydrogens is 187 g/mol. The summed E-state index contributed by atoms with van der Waals surface area (Å²) >= 11 is 0. The number of halogens is 1. The lowest BCUT2D eigenvalue weighted by atomic mass is 10.4. The van der Waals surface area contributed by atoms with Crippen LogP contribution in [0.2, 0.25) is 0 Å². The Bertz CT molecular complexity index is 429. The van der Waals surface area contributed by atoms with E-state index in [4.69, 9.17) is 4.74 Å². The minimum Gasteiger partial charge on any atom is -0.495 e. The number of pyridine rings is 1. The van der Waals surface area contributed by atoms with E-state index >= 15 is 0 Å². The first-order valence-electron chi connectivity index (χ1n) is 3.87. The number of nitrogens with zero attached hydrogens (tertiary/aromatic N) is 4. The summed E-state index contributed by atoms with van der Waals surface area (Å²) in [7, 11) is 1.45. The molecule has 0 aliphatic heterocycles. The molecule has 2 aromatic heterocycles. The van der Waals surface area contributed by atoms with E-state index in [1.165, 1.54) is 31.8 Å². The molecule has 0 bridgehead atoms. The first-order chi connectivity index (χ1) is 6.81. The molecule has 0 radical (unpaired) electrons. The van der Waals surface area contributed by atoms with Gasteiger partial charge in [0.1, 0.15) is 5.75 Å². The lowest BCUT2D eigenvalue weighted by Crippen LogP contribution is -2.04. The Hall–Kier alpha value is -1.98. The Balaban J connectivity index is 2.46. The zero-order valence-corrected chi connectivity index (χ0v) is 7.38. The lowest BCUT2D eigenvalue weighted by molar-refractivity contribution is 0.407. The van der Waals surface area contributed by atoms with Gasteiger partial charge in [0.2, 0.25) is 5.82 Å². The van der Waals surface area contributed by atoms with Gasteiger partial charge in [0, 0.05) is 6.07 Å². The Morgan fingerprint density at radius 2 is 2.07 bits per heavy atom. The Morgan fingerprint density at radius 3 is 2.64 bits per heavy atom. The maximum absolute atomic E-state index is 13.4. The summed E-state index contributed by atoms with van der Waals surface area (Å²) in [6.45, 7) is 0. The largest absolute Gasteiger partial charge is 0.495 e. The summed E-state index contributed by atoms with van der Waals surface area (Å²) in [5.74, 6) is -0.116. The second-order valence-electron chi connectivity index (χ2n) is 2.50. The van der Waals surface area contributed by atoms with E-state index in [-0.39, 0.29) is 5.82 Å². The molecule has 0 aliphatic carbocycles. The minimum absolute atomic E-state index is 0.0517. The van der Waals surface area contributed by atoms with Crippen LogP contribution in [0.5, 0.6) is 5.75 Å². The van der Waals surface area contributed by atoms with E-state index in [1.807, 2.05) is 0 Å². The molecule has 0 atom stereocenters. The second kappa shape index (κ2) is 3.41. The first-order valence-corrected chi connectivity index (χ1v) is 3.87. The van der Waals surface area contributed by atoms with Crippen molar-refractivity contribution >= 4 is 0 Å². The summed E-state index contributed by atoms with van der Waals surface area (Å²) < 4.78 is 18.2. The molecule has 14 heavy (non-hydrogen) atoms. The van der Waals surface area contributed by atoms with Crippen molar-refractivity contribution in [1.82, 2.24) is 20.0 Å². The maximum Gasteiger partial charge on any atom is 0.210 e. The van der Waals surface area contributed by atoms with Crippen molar-refractivity contribution in [3.8, 4) is 11.6 Å². The molecule has 0 aromatic carbocycles. The van der Waals surface area contributed by atoms with E-state index < -0.39 is 5.82 Å². The molecule has 0 N–H and O–H groups in total. The fourth-order valence-electron chi connectivity index (χ4n) is 0.997. The molecule has 5 nitrogen and oxygen atoms in total. The van der Waals surface area contributed by atoms with Crippen molar-refractivity contribution in [3.63, 3.8) is 0 Å². The first kappa shape index (κ1) is 8.61. The van der Waals surface area contributed by atoms with E-state index in [0.29, 0.717) is 5.75 Å². The summed E-state index contributed by atoms with van der Waals surface area (Å²) in [6, 6.07) is 1.23. The maximum atomic E-state index is 13.4. The van der Waals surface area contributed by atoms with Crippen molar-refractivity contribution in [2.24, 2.45) is 0 Å². The van der Waals surface area contributed by atoms with Gasteiger partial charge in [0.25, 0.3) is 0 Å². The van der Waals surface area contributed by atoms with Crippen LogP contribution in [0.3, 0.4) is 0 Å². The highest BCUT2D eigenvalue weighted by atomic mass is 19.1. The molecule has 0 aliphatic rings. The summed E-state index contributed by atoms with van der Waals surface area (Å²) in [5.41, 5.74) is 0. The predicted molar refractivity (Wildman–Crippen MR) is 45.7 cm³/mol. The van der Waals surface area contributed by atoms with Crippen LogP contribution in [0.15, 0.2) is 24.7 Å².